The van der Waals surface area contributed by atoms with Crippen molar-refractivity contribution < 1.29 is 8.42 Å². The molecule has 0 aliphatic carbocycles. The molecule has 0 atom stereocenters. The predicted molar refractivity (Wildman–Crippen MR) is 72.6 cm³/mol. The van der Waals surface area contributed by atoms with Crippen LogP contribution in [-0.2, 0) is 9.84 Å². The topological polar surface area (TPSA) is 70.8 Å². The Hall–Kier alpha value is -1.84. The highest BCUT2D eigenvalue weighted by atomic mass is 32.2. The maximum atomic E-state index is 11.3. The summed E-state index contributed by atoms with van der Waals surface area (Å²) in [6.45, 7) is 0. The van der Waals surface area contributed by atoms with Gasteiger partial charge in [-0.25, -0.2) is 13.4 Å². The molecule has 0 fully saturated rings. The first-order valence-electron chi connectivity index (χ1n) is 5.33. The Morgan fingerprint density at radius 1 is 1.11 bits per heavy atom. The Morgan fingerprint density at radius 3 is 2.21 bits per heavy atom. The molecule has 0 amide bonds. The summed E-state index contributed by atoms with van der Waals surface area (Å²) >= 11 is 1.46. The van der Waals surface area contributed by atoms with E-state index < -0.39 is 9.84 Å². The average molecular weight is 290 g/mol. The fourth-order valence-electron chi connectivity index (χ4n) is 1.40. The van der Waals surface area contributed by atoms with Gasteiger partial charge in [-0.05, 0) is 36.4 Å². The maximum Gasteiger partial charge on any atom is 0.175 e. The van der Waals surface area contributed by atoms with Crippen molar-refractivity contribution in [2.45, 2.75) is 14.7 Å². The van der Waals surface area contributed by atoms with Gasteiger partial charge in [0, 0.05) is 22.2 Å². The highest BCUT2D eigenvalue weighted by molar-refractivity contribution is 7.99. The van der Waals surface area contributed by atoms with Gasteiger partial charge in [-0.15, -0.1) is 0 Å². The lowest BCUT2D eigenvalue weighted by Crippen LogP contribution is -1.95. The number of rotatable bonds is 3. The molecule has 0 spiro atoms. The maximum absolute atomic E-state index is 11.3. The molecule has 0 aliphatic rings. The molecule has 0 N–H and O–H groups in total. The van der Waals surface area contributed by atoms with Gasteiger partial charge in [0.05, 0.1) is 4.90 Å². The van der Waals surface area contributed by atoms with E-state index in [2.05, 4.69) is 4.98 Å². The predicted octanol–water partition coefficient (Wildman–Crippen LogP) is 2.51. The van der Waals surface area contributed by atoms with Crippen LogP contribution in [0.3, 0.4) is 0 Å². The molecule has 0 bridgehead atoms. The number of nitriles is 1. The van der Waals surface area contributed by atoms with Gasteiger partial charge in [-0.2, -0.15) is 5.26 Å². The molecular formula is C13H10N2O2S2. The van der Waals surface area contributed by atoms with E-state index in [0.29, 0.717) is 10.6 Å². The second kappa shape index (κ2) is 5.43. The Bertz CT molecular complexity index is 715. The van der Waals surface area contributed by atoms with Crippen molar-refractivity contribution >= 4 is 21.6 Å². The van der Waals surface area contributed by atoms with Crippen molar-refractivity contribution in [3.8, 4) is 6.07 Å². The van der Waals surface area contributed by atoms with E-state index in [0.717, 1.165) is 9.79 Å². The van der Waals surface area contributed by atoms with Crippen LogP contribution in [0, 0.1) is 11.3 Å². The number of aromatic nitrogens is 1. The van der Waals surface area contributed by atoms with Crippen LogP contribution >= 0.6 is 11.8 Å². The number of hydrogen-bond acceptors (Lipinski definition) is 5. The second-order valence-corrected chi connectivity index (χ2v) is 7.00. The first-order valence-corrected chi connectivity index (χ1v) is 8.04. The van der Waals surface area contributed by atoms with E-state index in [4.69, 9.17) is 5.26 Å². The Kier molecular flexibility index (Phi) is 3.88. The largest absolute Gasteiger partial charge is 0.244 e. The zero-order valence-corrected chi connectivity index (χ0v) is 11.7. The SMILES string of the molecule is CS(=O)(=O)c1ccc(Sc2ccc(C#N)nc2)cc1. The highest BCUT2D eigenvalue weighted by Gasteiger charge is 2.06. The molecule has 19 heavy (non-hydrogen) atoms. The smallest absolute Gasteiger partial charge is 0.175 e. The lowest BCUT2D eigenvalue weighted by Gasteiger charge is -2.02. The van der Waals surface area contributed by atoms with Crippen LogP contribution in [-0.4, -0.2) is 19.7 Å². The molecule has 0 saturated carbocycles. The summed E-state index contributed by atoms with van der Waals surface area (Å²) in [6.07, 6.45) is 2.80. The van der Waals surface area contributed by atoms with Crippen LogP contribution in [0.5, 0.6) is 0 Å². The molecule has 0 aliphatic heterocycles. The third-order valence-electron chi connectivity index (χ3n) is 2.34. The normalized spacial score (nSPS) is 10.9. The zero-order valence-electron chi connectivity index (χ0n) is 10.1. The first-order chi connectivity index (χ1) is 8.99. The number of benzene rings is 1. The van der Waals surface area contributed by atoms with E-state index in [9.17, 15) is 8.42 Å². The Labute approximate surface area is 116 Å². The highest BCUT2D eigenvalue weighted by Crippen LogP contribution is 2.27. The number of sulfone groups is 1. The minimum absolute atomic E-state index is 0.301. The van der Waals surface area contributed by atoms with Crippen molar-refractivity contribution in [2.75, 3.05) is 6.26 Å². The molecule has 96 valence electrons. The standard InChI is InChI=1S/C13H10N2O2S2/c1-19(16,17)13-6-4-11(5-7-13)18-12-3-2-10(8-14)15-9-12/h2-7,9H,1H3. The van der Waals surface area contributed by atoms with Crippen LogP contribution in [0.15, 0.2) is 57.3 Å². The third kappa shape index (κ3) is 3.56. The molecule has 2 rings (SSSR count). The summed E-state index contributed by atoms with van der Waals surface area (Å²) in [4.78, 5) is 6.08. The minimum Gasteiger partial charge on any atom is -0.244 e. The summed E-state index contributed by atoms with van der Waals surface area (Å²) in [6, 6.07) is 12.1. The van der Waals surface area contributed by atoms with Crippen LogP contribution in [0.2, 0.25) is 0 Å². The van der Waals surface area contributed by atoms with Crippen molar-refractivity contribution in [1.82, 2.24) is 4.98 Å². The van der Waals surface area contributed by atoms with Gasteiger partial charge < -0.3 is 0 Å². The average Bonchev–Trinajstić information content (AvgIpc) is 2.39. The van der Waals surface area contributed by atoms with Gasteiger partial charge in [-0.3, -0.25) is 0 Å². The Balaban J connectivity index is 2.17. The van der Waals surface area contributed by atoms with E-state index in [-0.39, 0.29) is 0 Å². The van der Waals surface area contributed by atoms with Crippen LogP contribution in [0.4, 0.5) is 0 Å². The molecule has 2 aromatic rings. The second-order valence-electron chi connectivity index (χ2n) is 3.84. The molecule has 0 unspecified atom stereocenters. The summed E-state index contributed by atoms with van der Waals surface area (Å²) in [5, 5.41) is 8.65. The third-order valence-corrected chi connectivity index (χ3v) is 4.45. The van der Waals surface area contributed by atoms with Crippen LogP contribution < -0.4 is 0 Å². The van der Waals surface area contributed by atoms with Crippen molar-refractivity contribution in [2.24, 2.45) is 0 Å². The molecule has 1 heterocycles. The summed E-state index contributed by atoms with van der Waals surface area (Å²) < 4.78 is 22.7. The minimum atomic E-state index is -3.16. The van der Waals surface area contributed by atoms with Gasteiger partial charge in [0.25, 0.3) is 0 Å². The monoisotopic (exact) mass is 290 g/mol. The molecule has 0 saturated heterocycles. The van der Waals surface area contributed by atoms with E-state index in [1.54, 1.807) is 42.6 Å². The quantitative estimate of drug-likeness (QED) is 0.868. The summed E-state index contributed by atoms with van der Waals surface area (Å²) in [7, 11) is -3.16. The molecule has 6 heteroatoms. The number of hydrogen-bond donors (Lipinski definition) is 0. The van der Waals surface area contributed by atoms with E-state index >= 15 is 0 Å². The fourth-order valence-corrected chi connectivity index (χ4v) is 2.81. The van der Waals surface area contributed by atoms with Crippen molar-refractivity contribution in [3.05, 3.63) is 48.3 Å². The van der Waals surface area contributed by atoms with Crippen LogP contribution in [0.25, 0.3) is 0 Å². The summed E-state index contributed by atoms with van der Waals surface area (Å²) in [5.41, 5.74) is 0.372. The van der Waals surface area contributed by atoms with Crippen molar-refractivity contribution in [1.29, 1.82) is 5.26 Å². The lowest BCUT2D eigenvalue weighted by atomic mass is 10.4. The van der Waals surface area contributed by atoms with E-state index in [1.807, 2.05) is 6.07 Å². The molecule has 1 aromatic heterocycles. The van der Waals surface area contributed by atoms with Crippen LogP contribution in [0.1, 0.15) is 5.69 Å². The van der Waals surface area contributed by atoms with Gasteiger partial charge in [-0.1, -0.05) is 11.8 Å². The van der Waals surface area contributed by atoms with Gasteiger partial charge in [0.1, 0.15) is 11.8 Å². The van der Waals surface area contributed by atoms with Gasteiger partial charge >= 0.3 is 0 Å². The molecule has 4 nitrogen and oxygen atoms in total. The number of pyridine rings is 1. The summed E-state index contributed by atoms with van der Waals surface area (Å²) in [5.74, 6) is 0. The molecular weight excluding hydrogens is 280 g/mol. The Morgan fingerprint density at radius 2 is 1.74 bits per heavy atom. The molecule has 1 aromatic carbocycles. The van der Waals surface area contributed by atoms with Gasteiger partial charge in [0.2, 0.25) is 0 Å². The first kappa shape index (κ1) is 13.6. The zero-order chi connectivity index (χ0) is 13.9. The fraction of sp³-hybridized carbons (Fsp3) is 0.0769. The van der Waals surface area contributed by atoms with Gasteiger partial charge in [0.15, 0.2) is 9.84 Å². The number of nitrogens with zero attached hydrogens (tertiary/aromatic N) is 2. The van der Waals surface area contributed by atoms with Crippen molar-refractivity contribution in [3.63, 3.8) is 0 Å². The van der Waals surface area contributed by atoms with E-state index in [1.165, 1.54) is 18.0 Å². The lowest BCUT2D eigenvalue weighted by molar-refractivity contribution is 0.602. The molecule has 0 radical (unpaired) electrons.